The van der Waals surface area contributed by atoms with Crippen molar-refractivity contribution in [1.29, 1.82) is 0 Å². The van der Waals surface area contributed by atoms with Gasteiger partial charge in [-0.15, -0.1) is 0 Å². The van der Waals surface area contributed by atoms with Gasteiger partial charge in [-0.25, -0.2) is 0 Å². The van der Waals surface area contributed by atoms with Gasteiger partial charge in [-0.2, -0.15) is 0 Å². The molecule has 0 atom stereocenters. The number of aromatic amines is 3. The molecule has 12 heteroatoms. The fraction of sp³-hybridized carbons (Fsp3) is 0.429. The first kappa shape index (κ1) is 29.2. The van der Waals surface area contributed by atoms with E-state index in [-0.39, 0.29) is 16.7 Å². The zero-order valence-corrected chi connectivity index (χ0v) is 24.4. The van der Waals surface area contributed by atoms with Gasteiger partial charge in [0.2, 0.25) is 0 Å². The van der Waals surface area contributed by atoms with Crippen LogP contribution in [0.5, 0.6) is 0 Å². The average Bonchev–Trinajstić information content (AvgIpc) is 2.66. The van der Waals surface area contributed by atoms with E-state index in [0.29, 0.717) is 31.9 Å². The van der Waals surface area contributed by atoms with Crippen LogP contribution in [0.15, 0.2) is 32.6 Å². The van der Waals surface area contributed by atoms with Crippen LogP contribution in [0.1, 0.15) is 76.4 Å². The second kappa shape index (κ2) is 13.8. The van der Waals surface area contributed by atoms with Gasteiger partial charge in [0.1, 0.15) is 0 Å². The molecule has 0 bridgehead atoms. The Morgan fingerprint density at radius 3 is 0.909 bits per heavy atom. The normalized spacial score (nSPS) is 10.5. The average molecular weight is 648 g/mol. The molecular formula is C21H27N6O3Se3. The predicted octanol–water partition coefficient (Wildman–Crippen LogP) is -0.939. The van der Waals surface area contributed by atoms with Gasteiger partial charge in [0.15, 0.2) is 0 Å². The second-order valence-electron chi connectivity index (χ2n) is 7.89. The Morgan fingerprint density at radius 1 is 0.545 bits per heavy atom. The number of rotatable bonds is 3. The predicted molar refractivity (Wildman–Crippen MR) is 133 cm³/mol. The minimum atomic E-state index is -0.0996. The molecule has 0 aromatic carbocycles. The first-order valence-electron chi connectivity index (χ1n) is 10.1. The zero-order valence-electron chi connectivity index (χ0n) is 19.3. The molecule has 0 aliphatic heterocycles. The number of nitrogens with zero attached hydrogens (tertiary/aromatic N) is 3. The summed E-state index contributed by atoms with van der Waals surface area (Å²) in [6.07, 6.45) is 0. The van der Waals surface area contributed by atoms with Crippen LogP contribution < -0.4 is 30.8 Å². The van der Waals surface area contributed by atoms with E-state index < -0.39 is 0 Å². The second-order valence-corrected chi connectivity index (χ2v) is 10.3. The summed E-state index contributed by atoms with van der Waals surface area (Å²) in [6, 6.07) is 4.56. The molecule has 0 saturated carbocycles. The van der Waals surface area contributed by atoms with E-state index in [1.54, 1.807) is 0 Å². The van der Waals surface area contributed by atoms with Crippen LogP contribution >= 0.6 is 0 Å². The van der Waals surface area contributed by atoms with Gasteiger partial charge in [0, 0.05) is 0 Å². The molecule has 0 aliphatic rings. The van der Waals surface area contributed by atoms with Crippen molar-refractivity contribution in [3.63, 3.8) is 0 Å². The quantitative estimate of drug-likeness (QED) is 0.314. The maximum absolute atomic E-state index is 10.9. The first-order valence-corrected chi connectivity index (χ1v) is 12.7. The van der Waals surface area contributed by atoms with Crippen LogP contribution in [0.25, 0.3) is 0 Å². The summed E-state index contributed by atoms with van der Waals surface area (Å²) in [5, 5.41) is 0. The molecule has 0 unspecified atom stereocenters. The first-order chi connectivity index (χ1) is 15.3. The molecule has 3 heterocycles. The van der Waals surface area contributed by atoms with Gasteiger partial charge in [0.25, 0.3) is 0 Å². The van der Waals surface area contributed by atoms with E-state index in [4.69, 9.17) is 0 Å². The Morgan fingerprint density at radius 2 is 0.758 bits per heavy atom. The topological polar surface area (TPSA) is 137 Å². The molecule has 3 aromatic heterocycles. The standard InChI is InChI=1S/3C7H9N2OSe/c3*1-4(2)5-3-6(10)9-7(11)8-5/h3*3-4H,1-2H3,(H,8,9,10). The molecular weight excluding hydrogens is 621 g/mol. The Kier molecular flexibility index (Phi) is 12.2. The summed E-state index contributed by atoms with van der Waals surface area (Å²) in [5.41, 5.74) is 2.17. The van der Waals surface area contributed by atoms with Crippen molar-refractivity contribution in [1.82, 2.24) is 29.9 Å². The van der Waals surface area contributed by atoms with Gasteiger partial charge in [-0.1, -0.05) is 0 Å². The molecule has 0 saturated heterocycles. The SMILES string of the molecule is CC(C)c1cc(=O)[nH]c([Se])n1.CC(C)c1cc(=O)[nH]c([Se])n1.CC(C)c1cc(=O)[nH]c([Se])n1. The van der Waals surface area contributed by atoms with E-state index in [2.05, 4.69) is 77.9 Å². The molecule has 0 amide bonds. The van der Waals surface area contributed by atoms with Crippen LogP contribution in [0.4, 0.5) is 0 Å². The summed E-state index contributed by atoms with van der Waals surface area (Å²) < 4.78 is 1.67. The molecule has 3 N–H and O–H groups in total. The third-order valence-electron chi connectivity index (χ3n) is 3.99. The van der Waals surface area contributed by atoms with Crippen LogP contribution in [-0.2, 0) is 0 Å². The minimum absolute atomic E-state index is 0.0996. The molecule has 3 rings (SSSR count). The summed E-state index contributed by atoms with van der Waals surface area (Å²) in [4.78, 5) is 52.7. The van der Waals surface area contributed by atoms with Crippen molar-refractivity contribution in [2.24, 2.45) is 0 Å². The molecule has 33 heavy (non-hydrogen) atoms. The fourth-order valence-electron chi connectivity index (χ4n) is 2.25. The fourth-order valence-corrected chi connectivity index (χ4v) is 3.54. The van der Waals surface area contributed by atoms with Crippen LogP contribution in [0, 0.1) is 0 Å². The van der Waals surface area contributed by atoms with Crippen molar-refractivity contribution in [3.8, 4) is 0 Å². The molecule has 0 fully saturated rings. The third kappa shape index (κ3) is 11.3. The molecule has 3 radical (unpaired) electrons. The van der Waals surface area contributed by atoms with E-state index >= 15 is 0 Å². The van der Waals surface area contributed by atoms with Crippen LogP contribution in [0.3, 0.4) is 0 Å². The van der Waals surface area contributed by atoms with E-state index in [1.807, 2.05) is 41.5 Å². The summed E-state index contributed by atoms with van der Waals surface area (Å²) in [6.45, 7) is 12.0. The summed E-state index contributed by atoms with van der Waals surface area (Å²) >= 11 is 8.01. The van der Waals surface area contributed by atoms with Gasteiger partial charge >= 0.3 is 218 Å². The molecule has 0 spiro atoms. The van der Waals surface area contributed by atoms with Crippen molar-refractivity contribution in [3.05, 3.63) is 66.3 Å². The van der Waals surface area contributed by atoms with Crippen LogP contribution in [0.2, 0.25) is 0 Å². The van der Waals surface area contributed by atoms with Gasteiger partial charge < -0.3 is 0 Å². The van der Waals surface area contributed by atoms with Gasteiger partial charge in [0.05, 0.1) is 0 Å². The molecule has 3 aromatic rings. The third-order valence-corrected chi connectivity index (χ3v) is 5.21. The Hall–Kier alpha value is -1.80. The Balaban J connectivity index is 0.000000247. The van der Waals surface area contributed by atoms with Crippen LogP contribution in [-0.4, -0.2) is 77.9 Å². The van der Waals surface area contributed by atoms with Crippen molar-refractivity contribution in [2.75, 3.05) is 0 Å². The number of nitrogens with one attached hydrogen (secondary N) is 3. The number of hydrogen-bond donors (Lipinski definition) is 3. The number of H-pyrrole nitrogens is 3. The van der Waals surface area contributed by atoms with Crippen molar-refractivity contribution >= 4 is 62.2 Å². The van der Waals surface area contributed by atoms with E-state index in [0.717, 1.165) is 17.1 Å². The number of aromatic nitrogens is 6. The van der Waals surface area contributed by atoms with E-state index in [9.17, 15) is 14.4 Å². The van der Waals surface area contributed by atoms with Gasteiger partial charge in [-0.3, -0.25) is 0 Å². The monoisotopic (exact) mass is 651 g/mol. The van der Waals surface area contributed by atoms with Crippen molar-refractivity contribution in [2.45, 2.75) is 59.3 Å². The number of hydrogen-bond acceptors (Lipinski definition) is 6. The molecule has 9 nitrogen and oxygen atoms in total. The van der Waals surface area contributed by atoms with Gasteiger partial charge in [-0.05, 0) is 0 Å². The molecule has 177 valence electrons. The van der Waals surface area contributed by atoms with Crippen molar-refractivity contribution < 1.29 is 0 Å². The summed E-state index contributed by atoms with van der Waals surface area (Å²) in [5.74, 6) is 0.887. The summed E-state index contributed by atoms with van der Waals surface area (Å²) in [7, 11) is 0. The van der Waals surface area contributed by atoms with E-state index in [1.165, 1.54) is 18.2 Å². The Bertz CT molecular complexity index is 1070. The Labute approximate surface area is 216 Å². The zero-order chi connectivity index (χ0) is 25.3. The molecule has 0 aliphatic carbocycles. The maximum atomic E-state index is 10.9.